The van der Waals surface area contributed by atoms with Crippen LogP contribution in [0.1, 0.15) is 21.5 Å². The number of piperazine rings is 1. The van der Waals surface area contributed by atoms with E-state index in [4.69, 9.17) is 9.47 Å². The van der Waals surface area contributed by atoms with Gasteiger partial charge in [-0.25, -0.2) is 4.79 Å². The molecule has 0 saturated carbocycles. The lowest BCUT2D eigenvalue weighted by Crippen LogP contribution is -2.47. The second kappa shape index (κ2) is 7.64. The monoisotopic (exact) mass is 355 g/mol. The highest BCUT2D eigenvalue weighted by molar-refractivity contribution is 5.92. The van der Waals surface area contributed by atoms with Crippen molar-refractivity contribution in [2.24, 2.45) is 0 Å². The van der Waals surface area contributed by atoms with E-state index in [1.54, 1.807) is 6.07 Å². The third-order valence-corrected chi connectivity index (χ3v) is 4.96. The summed E-state index contributed by atoms with van der Waals surface area (Å²) in [5, 5.41) is 0. The molecule has 2 heterocycles. The Kier molecular flexibility index (Phi) is 5.30. The zero-order chi connectivity index (χ0) is 18.7. The van der Waals surface area contributed by atoms with Crippen LogP contribution in [0.25, 0.3) is 0 Å². The first-order valence-corrected chi connectivity index (χ1v) is 8.74. The number of aryl methyl sites for hydroxylation is 1. The zero-order valence-corrected chi connectivity index (χ0v) is 15.8. The minimum Gasteiger partial charge on any atom is -0.480 e. The second-order valence-electron chi connectivity index (χ2n) is 6.41. The number of aromatic nitrogens is 1. The molecule has 0 radical (unpaired) electrons. The van der Waals surface area contributed by atoms with Gasteiger partial charge < -0.3 is 19.3 Å². The first kappa shape index (κ1) is 18.0. The number of anilines is 2. The Labute approximate surface area is 154 Å². The number of hydrogen-bond acceptors (Lipinski definition) is 6. The largest absolute Gasteiger partial charge is 0.480 e. The normalized spacial score (nSPS) is 14.3. The molecule has 2 aromatic rings. The molecule has 1 aromatic carbocycles. The van der Waals surface area contributed by atoms with Crippen LogP contribution in [0.4, 0.5) is 11.5 Å². The van der Waals surface area contributed by atoms with Gasteiger partial charge in [0.2, 0.25) is 5.88 Å². The molecule has 1 saturated heterocycles. The van der Waals surface area contributed by atoms with E-state index < -0.39 is 5.97 Å². The summed E-state index contributed by atoms with van der Waals surface area (Å²) in [6.07, 6.45) is 0. The van der Waals surface area contributed by atoms with E-state index in [1.165, 1.54) is 31.0 Å². The maximum Gasteiger partial charge on any atom is 0.343 e. The molecule has 3 rings (SSSR count). The van der Waals surface area contributed by atoms with Crippen LogP contribution in [-0.2, 0) is 4.74 Å². The minimum absolute atomic E-state index is 0.298. The van der Waals surface area contributed by atoms with Gasteiger partial charge in [-0.3, -0.25) is 0 Å². The molecule has 0 bridgehead atoms. The predicted molar refractivity (Wildman–Crippen MR) is 102 cm³/mol. The van der Waals surface area contributed by atoms with Crippen LogP contribution >= 0.6 is 0 Å². The van der Waals surface area contributed by atoms with Gasteiger partial charge in [-0.2, -0.15) is 4.98 Å². The molecule has 0 spiro atoms. The van der Waals surface area contributed by atoms with Crippen molar-refractivity contribution in [2.75, 3.05) is 50.2 Å². The Morgan fingerprint density at radius 1 is 1.00 bits per heavy atom. The molecule has 1 aliphatic heterocycles. The number of carbonyl (C=O) groups is 1. The fourth-order valence-corrected chi connectivity index (χ4v) is 3.28. The van der Waals surface area contributed by atoms with Gasteiger partial charge in [-0.05, 0) is 43.2 Å². The van der Waals surface area contributed by atoms with Gasteiger partial charge in [0.05, 0.1) is 14.2 Å². The first-order valence-electron chi connectivity index (χ1n) is 8.74. The molecule has 138 valence electrons. The molecule has 6 nitrogen and oxygen atoms in total. The topological polar surface area (TPSA) is 54.9 Å². The smallest absolute Gasteiger partial charge is 0.343 e. The van der Waals surface area contributed by atoms with Crippen molar-refractivity contribution in [3.8, 4) is 5.88 Å². The molecule has 1 aliphatic rings. The molecule has 26 heavy (non-hydrogen) atoms. The van der Waals surface area contributed by atoms with Crippen LogP contribution in [0.15, 0.2) is 30.3 Å². The molecule has 1 fully saturated rings. The lowest BCUT2D eigenvalue weighted by atomic mass is 10.1. The fourth-order valence-electron chi connectivity index (χ4n) is 3.28. The van der Waals surface area contributed by atoms with E-state index in [-0.39, 0.29) is 0 Å². The Hall–Kier alpha value is -2.76. The Balaban J connectivity index is 1.74. The van der Waals surface area contributed by atoms with Gasteiger partial charge in [-0.1, -0.05) is 12.1 Å². The molecule has 6 heteroatoms. The Morgan fingerprint density at radius 3 is 2.35 bits per heavy atom. The minimum atomic E-state index is -0.444. The number of pyridine rings is 1. The maximum absolute atomic E-state index is 11.8. The zero-order valence-electron chi connectivity index (χ0n) is 15.8. The summed E-state index contributed by atoms with van der Waals surface area (Å²) >= 11 is 0. The van der Waals surface area contributed by atoms with Crippen LogP contribution < -0.4 is 14.5 Å². The van der Waals surface area contributed by atoms with Gasteiger partial charge in [0.15, 0.2) is 0 Å². The molecular weight excluding hydrogens is 330 g/mol. The summed E-state index contributed by atoms with van der Waals surface area (Å²) in [4.78, 5) is 20.9. The summed E-state index contributed by atoms with van der Waals surface area (Å²) in [5.74, 6) is 0.669. The Bertz CT molecular complexity index is 799. The lowest BCUT2D eigenvalue weighted by Gasteiger charge is -2.37. The van der Waals surface area contributed by atoms with Crippen molar-refractivity contribution in [1.82, 2.24) is 4.98 Å². The number of esters is 1. The predicted octanol–water partition coefficient (Wildman–Crippen LogP) is 2.82. The number of methoxy groups -OCH3 is 2. The Morgan fingerprint density at radius 2 is 1.69 bits per heavy atom. The van der Waals surface area contributed by atoms with Crippen LogP contribution in [0, 0.1) is 13.8 Å². The first-order chi connectivity index (χ1) is 12.5. The maximum atomic E-state index is 11.8. The van der Waals surface area contributed by atoms with Crippen molar-refractivity contribution >= 4 is 17.5 Å². The van der Waals surface area contributed by atoms with E-state index in [0.29, 0.717) is 11.4 Å². The third kappa shape index (κ3) is 3.45. The van der Waals surface area contributed by atoms with E-state index in [0.717, 1.165) is 32.0 Å². The average molecular weight is 355 g/mol. The van der Waals surface area contributed by atoms with Crippen molar-refractivity contribution in [3.05, 3.63) is 47.0 Å². The number of nitrogens with zero attached hydrogens (tertiary/aromatic N) is 3. The van der Waals surface area contributed by atoms with Crippen LogP contribution in [-0.4, -0.2) is 51.4 Å². The number of hydrogen-bond donors (Lipinski definition) is 0. The van der Waals surface area contributed by atoms with Gasteiger partial charge >= 0.3 is 5.97 Å². The number of ether oxygens (including phenoxy) is 2. The SMILES string of the molecule is COC(=O)c1ccc(N2CCN(c3cccc(C)c3C)CC2)nc1OC. The summed E-state index contributed by atoms with van der Waals surface area (Å²) in [7, 11) is 2.86. The summed E-state index contributed by atoms with van der Waals surface area (Å²) in [6, 6.07) is 10.0. The van der Waals surface area contributed by atoms with Gasteiger partial charge in [0, 0.05) is 31.9 Å². The summed E-state index contributed by atoms with van der Waals surface area (Å²) in [6.45, 7) is 7.89. The quantitative estimate of drug-likeness (QED) is 0.786. The van der Waals surface area contributed by atoms with Crippen LogP contribution in [0.2, 0.25) is 0 Å². The molecule has 0 amide bonds. The van der Waals surface area contributed by atoms with Crippen molar-refractivity contribution in [3.63, 3.8) is 0 Å². The number of carbonyl (C=O) groups excluding carboxylic acids is 1. The number of rotatable bonds is 4. The lowest BCUT2D eigenvalue weighted by molar-refractivity contribution is 0.0596. The van der Waals surface area contributed by atoms with Crippen LogP contribution in [0.5, 0.6) is 5.88 Å². The molecule has 0 unspecified atom stereocenters. The van der Waals surface area contributed by atoms with E-state index in [1.807, 2.05) is 6.07 Å². The van der Waals surface area contributed by atoms with E-state index >= 15 is 0 Å². The van der Waals surface area contributed by atoms with E-state index in [2.05, 4.69) is 46.8 Å². The molecule has 0 atom stereocenters. The summed E-state index contributed by atoms with van der Waals surface area (Å²) < 4.78 is 10.0. The second-order valence-corrected chi connectivity index (χ2v) is 6.41. The average Bonchev–Trinajstić information content (AvgIpc) is 2.69. The van der Waals surface area contributed by atoms with Crippen LogP contribution in [0.3, 0.4) is 0 Å². The fraction of sp³-hybridized carbons (Fsp3) is 0.400. The highest BCUT2D eigenvalue weighted by atomic mass is 16.5. The third-order valence-electron chi connectivity index (χ3n) is 4.96. The van der Waals surface area contributed by atoms with Gasteiger partial charge in [0.25, 0.3) is 0 Å². The van der Waals surface area contributed by atoms with Crippen molar-refractivity contribution in [1.29, 1.82) is 0 Å². The van der Waals surface area contributed by atoms with Gasteiger partial charge in [0.1, 0.15) is 11.4 Å². The standard InChI is InChI=1S/C20H25N3O3/c1-14-6-5-7-17(15(14)2)22-10-12-23(13-11-22)18-9-8-16(20(24)26-4)19(21-18)25-3/h5-9H,10-13H2,1-4H3. The van der Waals surface area contributed by atoms with Crippen molar-refractivity contribution < 1.29 is 14.3 Å². The van der Waals surface area contributed by atoms with Gasteiger partial charge in [-0.15, -0.1) is 0 Å². The molecule has 1 aromatic heterocycles. The number of benzene rings is 1. The van der Waals surface area contributed by atoms with E-state index in [9.17, 15) is 4.79 Å². The molecule has 0 N–H and O–H groups in total. The van der Waals surface area contributed by atoms with Crippen molar-refractivity contribution in [2.45, 2.75) is 13.8 Å². The highest BCUT2D eigenvalue weighted by Crippen LogP contribution is 2.26. The summed E-state index contributed by atoms with van der Waals surface area (Å²) in [5.41, 5.74) is 4.29. The molecular formula is C20H25N3O3. The molecule has 0 aliphatic carbocycles. The highest BCUT2D eigenvalue weighted by Gasteiger charge is 2.22.